The molecule has 0 atom stereocenters. The number of hydrogen-bond acceptors (Lipinski definition) is 3. The summed E-state index contributed by atoms with van der Waals surface area (Å²) in [6.45, 7) is 3.79. The van der Waals surface area contributed by atoms with E-state index in [1.165, 1.54) is 0 Å². The number of amides is 1. The first-order chi connectivity index (χ1) is 11.7. The number of aliphatic hydroxyl groups excluding tert-OH is 1. The standard InChI is InChI=1S/C20H24N2O2/c1-2-15-5-3-4-6-19(15)21-20(24)16-7-9-17(10-8-16)22-13-11-18(23)12-14-22/h3-10,18,23H,2,11-14H2,1H3,(H,21,24). The summed E-state index contributed by atoms with van der Waals surface area (Å²) >= 11 is 0. The number of benzene rings is 2. The van der Waals surface area contributed by atoms with Gasteiger partial charge in [-0.2, -0.15) is 0 Å². The number of carbonyl (C=O) groups is 1. The lowest BCUT2D eigenvalue weighted by Crippen LogP contribution is -2.35. The first-order valence-electron chi connectivity index (χ1n) is 8.59. The average Bonchev–Trinajstić information content (AvgIpc) is 2.63. The second-order valence-electron chi connectivity index (χ2n) is 6.23. The summed E-state index contributed by atoms with van der Waals surface area (Å²) in [5.74, 6) is -0.0866. The van der Waals surface area contributed by atoms with E-state index in [4.69, 9.17) is 0 Å². The fraction of sp³-hybridized carbons (Fsp3) is 0.350. The number of nitrogens with one attached hydrogen (secondary N) is 1. The van der Waals surface area contributed by atoms with E-state index in [9.17, 15) is 9.90 Å². The molecule has 4 nitrogen and oxygen atoms in total. The van der Waals surface area contributed by atoms with Crippen molar-refractivity contribution in [1.82, 2.24) is 0 Å². The minimum Gasteiger partial charge on any atom is -0.393 e. The lowest BCUT2D eigenvalue weighted by molar-refractivity contribution is 0.102. The van der Waals surface area contributed by atoms with Crippen LogP contribution in [0.2, 0.25) is 0 Å². The molecule has 0 saturated carbocycles. The zero-order valence-electron chi connectivity index (χ0n) is 14.0. The molecule has 1 fully saturated rings. The molecular formula is C20H24N2O2. The molecule has 0 radical (unpaired) electrons. The van der Waals surface area contributed by atoms with Crippen molar-refractivity contribution < 1.29 is 9.90 Å². The van der Waals surface area contributed by atoms with Crippen molar-refractivity contribution >= 4 is 17.3 Å². The molecule has 0 spiro atoms. The van der Waals surface area contributed by atoms with Gasteiger partial charge in [0.25, 0.3) is 5.91 Å². The van der Waals surface area contributed by atoms with Crippen LogP contribution in [-0.4, -0.2) is 30.2 Å². The fourth-order valence-corrected chi connectivity index (χ4v) is 3.09. The third-order valence-corrected chi connectivity index (χ3v) is 4.61. The molecule has 1 saturated heterocycles. The van der Waals surface area contributed by atoms with E-state index in [2.05, 4.69) is 17.1 Å². The van der Waals surface area contributed by atoms with E-state index in [0.29, 0.717) is 5.56 Å². The van der Waals surface area contributed by atoms with Crippen molar-refractivity contribution in [3.05, 3.63) is 59.7 Å². The topological polar surface area (TPSA) is 52.6 Å². The maximum Gasteiger partial charge on any atom is 0.255 e. The number of rotatable bonds is 4. The van der Waals surface area contributed by atoms with Crippen LogP contribution in [0.5, 0.6) is 0 Å². The molecule has 1 aliphatic heterocycles. The third-order valence-electron chi connectivity index (χ3n) is 4.61. The highest BCUT2D eigenvalue weighted by molar-refractivity contribution is 6.04. The summed E-state index contributed by atoms with van der Waals surface area (Å²) in [5, 5.41) is 12.6. The number of nitrogens with zero attached hydrogens (tertiary/aromatic N) is 1. The Labute approximate surface area is 143 Å². The summed E-state index contributed by atoms with van der Waals surface area (Å²) in [7, 11) is 0. The highest BCUT2D eigenvalue weighted by Crippen LogP contribution is 2.21. The minimum absolute atomic E-state index is 0.0866. The number of aliphatic hydroxyl groups is 1. The van der Waals surface area contributed by atoms with Crippen LogP contribution in [0.4, 0.5) is 11.4 Å². The Morgan fingerprint density at radius 1 is 1.12 bits per heavy atom. The van der Waals surface area contributed by atoms with Crippen LogP contribution in [0, 0.1) is 0 Å². The van der Waals surface area contributed by atoms with Crippen molar-refractivity contribution in [3.8, 4) is 0 Å². The van der Waals surface area contributed by atoms with Gasteiger partial charge in [-0.3, -0.25) is 4.79 Å². The second-order valence-corrected chi connectivity index (χ2v) is 6.23. The van der Waals surface area contributed by atoms with Gasteiger partial charge in [0.05, 0.1) is 6.10 Å². The summed E-state index contributed by atoms with van der Waals surface area (Å²) in [5.41, 5.74) is 3.77. The molecule has 0 aliphatic carbocycles. The highest BCUT2D eigenvalue weighted by atomic mass is 16.3. The van der Waals surface area contributed by atoms with Crippen molar-refractivity contribution in [1.29, 1.82) is 0 Å². The quantitative estimate of drug-likeness (QED) is 0.905. The molecule has 3 rings (SSSR count). The summed E-state index contributed by atoms with van der Waals surface area (Å²) in [6, 6.07) is 15.6. The van der Waals surface area contributed by atoms with Crippen LogP contribution in [-0.2, 0) is 6.42 Å². The number of piperidine rings is 1. The van der Waals surface area contributed by atoms with E-state index in [-0.39, 0.29) is 12.0 Å². The van der Waals surface area contributed by atoms with E-state index in [1.807, 2.05) is 48.5 Å². The lowest BCUT2D eigenvalue weighted by atomic mass is 10.1. The Bertz CT molecular complexity index is 689. The Hall–Kier alpha value is -2.33. The molecular weight excluding hydrogens is 300 g/mol. The van der Waals surface area contributed by atoms with Gasteiger partial charge >= 0.3 is 0 Å². The highest BCUT2D eigenvalue weighted by Gasteiger charge is 2.17. The summed E-state index contributed by atoms with van der Waals surface area (Å²) in [4.78, 5) is 14.7. The SMILES string of the molecule is CCc1ccccc1NC(=O)c1ccc(N2CCC(O)CC2)cc1. The summed E-state index contributed by atoms with van der Waals surface area (Å²) < 4.78 is 0. The van der Waals surface area contributed by atoms with E-state index < -0.39 is 0 Å². The lowest BCUT2D eigenvalue weighted by Gasteiger charge is -2.31. The van der Waals surface area contributed by atoms with Crippen LogP contribution < -0.4 is 10.2 Å². The smallest absolute Gasteiger partial charge is 0.255 e. The first kappa shape index (κ1) is 16.5. The van der Waals surface area contributed by atoms with Crippen molar-refractivity contribution in [2.45, 2.75) is 32.3 Å². The van der Waals surface area contributed by atoms with E-state index in [1.54, 1.807) is 0 Å². The maximum absolute atomic E-state index is 12.5. The van der Waals surface area contributed by atoms with E-state index >= 15 is 0 Å². The van der Waals surface area contributed by atoms with E-state index in [0.717, 1.165) is 49.3 Å². The summed E-state index contributed by atoms with van der Waals surface area (Å²) in [6.07, 6.45) is 2.31. The van der Waals surface area contributed by atoms with Crippen LogP contribution in [0.3, 0.4) is 0 Å². The van der Waals surface area contributed by atoms with Gasteiger partial charge in [-0.15, -0.1) is 0 Å². The largest absolute Gasteiger partial charge is 0.393 e. The number of hydrogen-bond donors (Lipinski definition) is 2. The fourth-order valence-electron chi connectivity index (χ4n) is 3.09. The van der Waals surface area contributed by atoms with Crippen LogP contribution in [0.1, 0.15) is 35.7 Å². The predicted molar refractivity (Wildman–Crippen MR) is 97.7 cm³/mol. The molecule has 24 heavy (non-hydrogen) atoms. The van der Waals surface area contributed by atoms with Gasteiger partial charge in [0.2, 0.25) is 0 Å². The zero-order chi connectivity index (χ0) is 16.9. The van der Waals surface area contributed by atoms with Gasteiger partial charge in [-0.1, -0.05) is 25.1 Å². The maximum atomic E-state index is 12.5. The molecule has 1 heterocycles. The second kappa shape index (κ2) is 7.49. The molecule has 126 valence electrons. The molecule has 1 amide bonds. The Kier molecular flexibility index (Phi) is 5.16. The molecule has 2 aromatic carbocycles. The monoisotopic (exact) mass is 324 g/mol. The zero-order valence-corrected chi connectivity index (χ0v) is 14.0. The Balaban J connectivity index is 1.68. The normalized spacial score (nSPS) is 15.3. The Morgan fingerprint density at radius 2 is 1.79 bits per heavy atom. The van der Waals surface area contributed by atoms with Gasteiger partial charge in [-0.25, -0.2) is 0 Å². The van der Waals surface area contributed by atoms with Crippen LogP contribution in [0.25, 0.3) is 0 Å². The van der Waals surface area contributed by atoms with Crippen LogP contribution in [0.15, 0.2) is 48.5 Å². The molecule has 1 aliphatic rings. The van der Waals surface area contributed by atoms with Crippen molar-refractivity contribution in [3.63, 3.8) is 0 Å². The predicted octanol–water partition coefficient (Wildman–Crippen LogP) is 3.46. The number of para-hydroxylation sites is 1. The molecule has 4 heteroatoms. The van der Waals surface area contributed by atoms with Gasteiger partial charge in [-0.05, 0) is 55.2 Å². The number of carbonyl (C=O) groups excluding carboxylic acids is 1. The van der Waals surface area contributed by atoms with Gasteiger partial charge in [0, 0.05) is 30.0 Å². The van der Waals surface area contributed by atoms with Gasteiger partial charge in [0.1, 0.15) is 0 Å². The molecule has 0 unspecified atom stereocenters. The minimum atomic E-state index is -0.176. The van der Waals surface area contributed by atoms with Crippen molar-refractivity contribution in [2.75, 3.05) is 23.3 Å². The molecule has 2 N–H and O–H groups in total. The third kappa shape index (κ3) is 3.77. The first-order valence-corrected chi connectivity index (χ1v) is 8.59. The Morgan fingerprint density at radius 3 is 2.46 bits per heavy atom. The van der Waals surface area contributed by atoms with Gasteiger partial charge in [0.15, 0.2) is 0 Å². The van der Waals surface area contributed by atoms with Crippen LogP contribution >= 0.6 is 0 Å². The molecule has 0 bridgehead atoms. The number of anilines is 2. The van der Waals surface area contributed by atoms with Crippen molar-refractivity contribution in [2.24, 2.45) is 0 Å². The van der Waals surface area contributed by atoms with Gasteiger partial charge < -0.3 is 15.3 Å². The number of aryl methyl sites for hydroxylation is 1. The molecule has 2 aromatic rings. The average molecular weight is 324 g/mol. The molecule has 0 aromatic heterocycles.